The molecule has 2 aliphatic rings. The van der Waals surface area contributed by atoms with Gasteiger partial charge in [-0.2, -0.15) is 0 Å². The van der Waals surface area contributed by atoms with Gasteiger partial charge in [0.15, 0.2) is 0 Å². The fourth-order valence-corrected chi connectivity index (χ4v) is 4.82. The van der Waals surface area contributed by atoms with E-state index in [0.29, 0.717) is 23.7 Å². The molecule has 0 aromatic heterocycles. The average Bonchev–Trinajstić information content (AvgIpc) is 3.50. The van der Waals surface area contributed by atoms with Gasteiger partial charge in [0.2, 0.25) is 0 Å². The molecule has 1 unspecified atom stereocenters. The van der Waals surface area contributed by atoms with E-state index in [0.717, 1.165) is 61.4 Å². The first-order valence-corrected chi connectivity index (χ1v) is 12.0. The van der Waals surface area contributed by atoms with Gasteiger partial charge >= 0.3 is 5.30 Å². The molecule has 0 spiro atoms. The predicted octanol–water partition coefficient (Wildman–Crippen LogP) is 6.77. The van der Waals surface area contributed by atoms with Crippen molar-refractivity contribution in [1.82, 2.24) is 0 Å². The zero-order valence-corrected chi connectivity index (χ0v) is 19.2. The van der Waals surface area contributed by atoms with Crippen LogP contribution in [0.4, 0.5) is 4.79 Å². The molecule has 4 nitrogen and oxygen atoms in total. The van der Waals surface area contributed by atoms with Crippen molar-refractivity contribution >= 4 is 17.1 Å². The minimum Gasteiger partial charge on any atom is -0.507 e. The summed E-state index contributed by atoms with van der Waals surface area (Å²) in [5.41, 5.74) is 4.10. The predicted molar refractivity (Wildman–Crippen MR) is 124 cm³/mol. The summed E-state index contributed by atoms with van der Waals surface area (Å²) >= 11 is 1.14. The second-order valence-corrected chi connectivity index (χ2v) is 9.59. The van der Waals surface area contributed by atoms with E-state index in [4.69, 9.17) is 9.47 Å². The summed E-state index contributed by atoms with van der Waals surface area (Å²) in [6.45, 7) is 11.2. The zero-order chi connectivity index (χ0) is 21.7. The molecule has 1 fully saturated rings. The lowest BCUT2D eigenvalue weighted by Crippen LogP contribution is -2.18. The number of benzene rings is 1. The van der Waals surface area contributed by atoms with E-state index in [-0.39, 0.29) is 29.0 Å². The number of phenols is 1. The number of carbonyl (C=O) groups is 1. The third-order valence-corrected chi connectivity index (χ3v) is 6.80. The molecule has 1 aromatic carbocycles. The number of aromatic hydroxyl groups is 1. The lowest BCUT2D eigenvalue weighted by atomic mass is 9.73. The van der Waals surface area contributed by atoms with Crippen molar-refractivity contribution in [2.75, 3.05) is 12.4 Å². The molecule has 0 saturated carbocycles. The summed E-state index contributed by atoms with van der Waals surface area (Å²) in [5, 5.41) is 10.7. The quantitative estimate of drug-likeness (QED) is 0.203. The SMILES string of the molecule is C=C(C)[C@@H]1CCC(C)=C[C@H]1c1c(O)cc(CCCCC)cc1OC(=O)SCC1CO1. The van der Waals surface area contributed by atoms with Crippen molar-refractivity contribution in [3.8, 4) is 11.5 Å². The molecule has 3 atom stereocenters. The Morgan fingerprint density at radius 2 is 2.13 bits per heavy atom. The highest BCUT2D eigenvalue weighted by Crippen LogP contribution is 2.47. The number of hydrogen-bond acceptors (Lipinski definition) is 5. The number of hydrogen-bond donors (Lipinski definition) is 1. The topological polar surface area (TPSA) is 59.1 Å². The summed E-state index contributed by atoms with van der Waals surface area (Å²) in [5.74, 6) is 1.48. The van der Waals surface area contributed by atoms with Crippen LogP contribution in [0.3, 0.4) is 0 Å². The highest BCUT2D eigenvalue weighted by molar-refractivity contribution is 8.13. The minimum atomic E-state index is -0.347. The fraction of sp³-hybridized carbons (Fsp3) is 0.560. The van der Waals surface area contributed by atoms with E-state index >= 15 is 0 Å². The van der Waals surface area contributed by atoms with Gasteiger partial charge in [-0.25, -0.2) is 4.79 Å². The number of ether oxygens (including phenoxy) is 2. The Hall–Kier alpha value is -1.72. The average molecular weight is 431 g/mol. The van der Waals surface area contributed by atoms with E-state index in [1.54, 1.807) is 0 Å². The maximum atomic E-state index is 12.5. The zero-order valence-electron chi connectivity index (χ0n) is 18.4. The van der Waals surface area contributed by atoms with Crippen LogP contribution in [0.2, 0.25) is 0 Å². The molecule has 5 heteroatoms. The summed E-state index contributed by atoms with van der Waals surface area (Å²) in [4.78, 5) is 12.5. The molecule has 3 rings (SSSR count). The number of carbonyl (C=O) groups excluding carboxylic acids is 1. The summed E-state index contributed by atoms with van der Waals surface area (Å²) in [7, 11) is 0. The standard InChI is InChI=1S/C25H34O4S/c1-5-6-7-8-18-12-22(26)24(21-11-17(4)9-10-20(21)16(2)3)23(13-18)29-25(27)30-15-19-14-28-19/h11-13,19-21,26H,2,5-10,14-15H2,1,3-4H3/t19?,20-,21+/m0/s1. The van der Waals surface area contributed by atoms with Gasteiger partial charge in [0.25, 0.3) is 0 Å². The Morgan fingerprint density at radius 1 is 1.37 bits per heavy atom. The van der Waals surface area contributed by atoms with Crippen LogP contribution in [0.15, 0.2) is 35.9 Å². The summed E-state index contributed by atoms with van der Waals surface area (Å²) in [6.07, 6.45) is 8.56. The highest BCUT2D eigenvalue weighted by atomic mass is 32.2. The third kappa shape index (κ3) is 6.14. The first-order valence-electron chi connectivity index (χ1n) is 11.0. The monoisotopic (exact) mass is 430 g/mol. The highest BCUT2D eigenvalue weighted by Gasteiger charge is 2.32. The van der Waals surface area contributed by atoms with Crippen LogP contribution in [0.1, 0.15) is 69.9 Å². The molecule has 1 aliphatic heterocycles. The maximum absolute atomic E-state index is 12.5. The van der Waals surface area contributed by atoms with Crippen LogP contribution in [-0.4, -0.2) is 28.9 Å². The lowest BCUT2D eigenvalue weighted by molar-refractivity contribution is 0.226. The number of thioether (sulfide) groups is 1. The van der Waals surface area contributed by atoms with Crippen LogP contribution in [0, 0.1) is 5.92 Å². The van der Waals surface area contributed by atoms with E-state index < -0.39 is 0 Å². The van der Waals surface area contributed by atoms with Crippen LogP contribution < -0.4 is 4.74 Å². The Morgan fingerprint density at radius 3 is 2.80 bits per heavy atom. The molecule has 0 radical (unpaired) electrons. The first kappa shape index (κ1) is 23.0. The lowest BCUT2D eigenvalue weighted by Gasteiger charge is -2.32. The second kappa shape index (κ2) is 10.5. The van der Waals surface area contributed by atoms with Crippen LogP contribution in [0.5, 0.6) is 11.5 Å². The van der Waals surface area contributed by atoms with E-state index in [1.165, 1.54) is 5.57 Å². The largest absolute Gasteiger partial charge is 0.507 e. The van der Waals surface area contributed by atoms with Crippen molar-refractivity contribution in [2.45, 2.75) is 71.3 Å². The van der Waals surface area contributed by atoms with Gasteiger partial charge in [-0.05, 0) is 74.9 Å². The third-order valence-electron chi connectivity index (χ3n) is 5.95. The Labute approximate surface area is 184 Å². The number of phenolic OH excluding ortho intramolecular Hbond substituents is 1. The van der Waals surface area contributed by atoms with Gasteiger partial charge in [0.05, 0.1) is 12.7 Å². The van der Waals surface area contributed by atoms with E-state index in [1.807, 2.05) is 19.1 Å². The van der Waals surface area contributed by atoms with Gasteiger partial charge in [0, 0.05) is 17.2 Å². The van der Waals surface area contributed by atoms with Crippen molar-refractivity contribution < 1.29 is 19.4 Å². The Kier molecular flexibility index (Phi) is 8.06. The molecule has 0 bridgehead atoms. The minimum absolute atomic E-state index is 0.0412. The molecule has 30 heavy (non-hydrogen) atoms. The van der Waals surface area contributed by atoms with Crippen LogP contribution >= 0.6 is 11.8 Å². The van der Waals surface area contributed by atoms with Crippen molar-refractivity contribution in [1.29, 1.82) is 0 Å². The van der Waals surface area contributed by atoms with Gasteiger partial charge in [-0.3, -0.25) is 0 Å². The molecule has 164 valence electrons. The molecular formula is C25H34O4S. The van der Waals surface area contributed by atoms with Crippen LogP contribution in [0.25, 0.3) is 0 Å². The molecule has 0 amide bonds. The second-order valence-electron chi connectivity index (χ2n) is 8.63. The number of rotatable bonds is 9. The molecule has 1 aromatic rings. The number of unbranched alkanes of at least 4 members (excludes halogenated alkanes) is 2. The van der Waals surface area contributed by atoms with Crippen molar-refractivity contribution in [3.63, 3.8) is 0 Å². The van der Waals surface area contributed by atoms with E-state index in [2.05, 4.69) is 26.5 Å². The van der Waals surface area contributed by atoms with Crippen LogP contribution in [-0.2, 0) is 11.2 Å². The number of epoxide rings is 1. The molecule has 1 aliphatic carbocycles. The molecule has 1 heterocycles. The molecular weight excluding hydrogens is 396 g/mol. The number of aryl methyl sites for hydroxylation is 1. The van der Waals surface area contributed by atoms with Crippen molar-refractivity contribution in [2.24, 2.45) is 5.92 Å². The fourth-order valence-electron chi connectivity index (χ4n) is 4.16. The first-order chi connectivity index (χ1) is 14.4. The van der Waals surface area contributed by atoms with Gasteiger partial charge in [0.1, 0.15) is 11.5 Å². The Bertz CT molecular complexity index is 810. The summed E-state index contributed by atoms with van der Waals surface area (Å²) < 4.78 is 11.0. The summed E-state index contributed by atoms with van der Waals surface area (Å²) in [6, 6.07) is 3.80. The van der Waals surface area contributed by atoms with Gasteiger partial charge < -0.3 is 14.6 Å². The number of allylic oxidation sites excluding steroid dienone is 3. The van der Waals surface area contributed by atoms with Gasteiger partial charge in [-0.15, -0.1) is 0 Å². The molecule has 1 N–H and O–H groups in total. The Balaban J connectivity index is 1.92. The smallest absolute Gasteiger partial charge is 0.372 e. The normalized spacial score (nSPS) is 23.0. The van der Waals surface area contributed by atoms with E-state index in [9.17, 15) is 9.90 Å². The van der Waals surface area contributed by atoms with Crippen molar-refractivity contribution in [3.05, 3.63) is 47.1 Å². The maximum Gasteiger partial charge on any atom is 0.372 e. The molecule has 1 saturated heterocycles. The van der Waals surface area contributed by atoms with Gasteiger partial charge in [-0.1, -0.05) is 43.6 Å².